The molecular weight excluding hydrogens is 268 g/mol. The van der Waals surface area contributed by atoms with E-state index >= 15 is 0 Å². The molecule has 88 valence electrons. The second kappa shape index (κ2) is 5.04. The zero-order valence-corrected chi connectivity index (χ0v) is 11.0. The first-order valence-corrected chi connectivity index (χ1v) is 6.52. The predicted molar refractivity (Wildman–Crippen MR) is 68.4 cm³/mol. The first-order chi connectivity index (χ1) is 7.65. The van der Waals surface area contributed by atoms with Gasteiger partial charge in [0.2, 0.25) is 5.88 Å². The lowest BCUT2D eigenvalue weighted by atomic mass is 9.89. The largest absolute Gasteiger partial charge is 0.474 e. The Kier molecular flexibility index (Phi) is 3.69. The Morgan fingerprint density at radius 2 is 2.31 bits per heavy atom. The molecule has 1 aromatic rings. The van der Waals surface area contributed by atoms with Gasteiger partial charge in [-0.25, -0.2) is 4.98 Å². The van der Waals surface area contributed by atoms with Crippen LogP contribution in [0.15, 0.2) is 16.7 Å². The molecule has 1 fully saturated rings. The summed E-state index contributed by atoms with van der Waals surface area (Å²) in [6.07, 6.45) is 6.75. The zero-order valence-electron chi connectivity index (χ0n) is 9.45. The monoisotopic (exact) mass is 284 g/mol. The molecule has 0 spiro atoms. The number of nitrogen functional groups attached to an aromatic ring is 1. The number of nitrogens with two attached hydrogens (primary N) is 1. The number of aromatic nitrogens is 1. The summed E-state index contributed by atoms with van der Waals surface area (Å²) in [4.78, 5) is 4.20. The van der Waals surface area contributed by atoms with E-state index in [9.17, 15) is 0 Å². The molecule has 0 saturated heterocycles. The molecule has 2 rings (SSSR count). The van der Waals surface area contributed by atoms with Crippen molar-refractivity contribution in [2.75, 3.05) is 5.73 Å². The van der Waals surface area contributed by atoms with Gasteiger partial charge in [0, 0.05) is 0 Å². The third-order valence-electron chi connectivity index (χ3n) is 3.00. The van der Waals surface area contributed by atoms with E-state index in [4.69, 9.17) is 10.5 Å². The average Bonchev–Trinajstić information content (AvgIpc) is 2.22. The van der Waals surface area contributed by atoms with Crippen LogP contribution in [0.25, 0.3) is 0 Å². The van der Waals surface area contributed by atoms with Crippen molar-refractivity contribution in [3.8, 4) is 5.88 Å². The lowest BCUT2D eigenvalue weighted by molar-refractivity contribution is 0.123. The molecule has 2 atom stereocenters. The molecule has 2 unspecified atom stereocenters. The molecule has 2 N–H and O–H groups in total. The van der Waals surface area contributed by atoms with Crippen molar-refractivity contribution in [2.45, 2.75) is 38.7 Å². The number of ether oxygens (including phenoxy) is 1. The minimum atomic E-state index is 0.302. The summed E-state index contributed by atoms with van der Waals surface area (Å²) >= 11 is 3.42. The standard InChI is InChI=1S/C12H17BrN2O/c1-8-3-2-4-10(5-8)16-12-11(13)6-9(14)7-15-12/h6-8,10H,2-5,14H2,1H3. The van der Waals surface area contributed by atoms with Crippen LogP contribution in [-0.4, -0.2) is 11.1 Å². The molecule has 1 heterocycles. The molecule has 0 radical (unpaired) electrons. The summed E-state index contributed by atoms with van der Waals surface area (Å²) in [5.74, 6) is 1.42. The van der Waals surface area contributed by atoms with Crippen LogP contribution in [0.4, 0.5) is 5.69 Å². The quantitative estimate of drug-likeness (QED) is 0.906. The number of hydrogen-bond donors (Lipinski definition) is 1. The highest BCUT2D eigenvalue weighted by Gasteiger charge is 2.21. The van der Waals surface area contributed by atoms with Crippen LogP contribution < -0.4 is 10.5 Å². The van der Waals surface area contributed by atoms with Crippen LogP contribution in [0.2, 0.25) is 0 Å². The van der Waals surface area contributed by atoms with Gasteiger partial charge in [-0.15, -0.1) is 0 Å². The third kappa shape index (κ3) is 2.88. The highest BCUT2D eigenvalue weighted by molar-refractivity contribution is 9.10. The first-order valence-electron chi connectivity index (χ1n) is 5.73. The Morgan fingerprint density at radius 3 is 3.00 bits per heavy atom. The summed E-state index contributed by atoms with van der Waals surface area (Å²) in [5.41, 5.74) is 6.28. The molecular formula is C12H17BrN2O. The summed E-state index contributed by atoms with van der Waals surface area (Å²) in [6.45, 7) is 2.28. The summed E-state index contributed by atoms with van der Waals surface area (Å²) in [6, 6.07) is 1.83. The van der Waals surface area contributed by atoms with Crippen molar-refractivity contribution >= 4 is 21.6 Å². The molecule has 0 bridgehead atoms. The molecule has 1 aliphatic carbocycles. The van der Waals surface area contributed by atoms with Gasteiger partial charge in [-0.3, -0.25) is 0 Å². The number of halogens is 1. The fraction of sp³-hybridized carbons (Fsp3) is 0.583. The number of hydrogen-bond acceptors (Lipinski definition) is 3. The van der Waals surface area contributed by atoms with Crippen LogP contribution in [0.3, 0.4) is 0 Å². The summed E-state index contributed by atoms with van der Waals surface area (Å²) < 4.78 is 6.74. The van der Waals surface area contributed by atoms with Gasteiger partial charge in [0.25, 0.3) is 0 Å². The predicted octanol–water partition coefficient (Wildman–Crippen LogP) is 3.38. The van der Waals surface area contributed by atoms with Crippen LogP contribution >= 0.6 is 15.9 Å². The Balaban J connectivity index is 2.02. The third-order valence-corrected chi connectivity index (χ3v) is 3.56. The number of rotatable bonds is 2. The van der Waals surface area contributed by atoms with Crippen LogP contribution in [0.1, 0.15) is 32.6 Å². The van der Waals surface area contributed by atoms with Crippen molar-refractivity contribution in [3.05, 3.63) is 16.7 Å². The normalized spacial score (nSPS) is 25.4. The maximum atomic E-state index is 5.90. The van der Waals surface area contributed by atoms with E-state index in [2.05, 4.69) is 27.8 Å². The molecule has 4 heteroatoms. The van der Waals surface area contributed by atoms with Crippen LogP contribution in [0, 0.1) is 5.92 Å². The molecule has 0 amide bonds. The molecule has 3 nitrogen and oxygen atoms in total. The van der Waals surface area contributed by atoms with Gasteiger partial charge >= 0.3 is 0 Å². The highest BCUT2D eigenvalue weighted by atomic mass is 79.9. The zero-order chi connectivity index (χ0) is 11.5. The average molecular weight is 285 g/mol. The van der Waals surface area contributed by atoms with Gasteiger partial charge in [0.15, 0.2) is 0 Å². The second-order valence-electron chi connectivity index (χ2n) is 4.57. The lowest BCUT2D eigenvalue weighted by Gasteiger charge is -2.27. The molecule has 1 aromatic heterocycles. The molecule has 0 aromatic carbocycles. The van der Waals surface area contributed by atoms with Crippen LogP contribution in [0.5, 0.6) is 5.88 Å². The molecule has 0 aliphatic heterocycles. The van der Waals surface area contributed by atoms with Gasteiger partial charge in [-0.05, 0) is 47.2 Å². The lowest BCUT2D eigenvalue weighted by Crippen LogP contribution is -2.24. The van der Waals surface area contributed by atoms with Crippen molar-refractivity contribution in [1.29, 1.82) is 0 Å². The minimum Gasteiger partial charge on any atom is -0.474 e. The maximum Gasteiger partial charge on any atom is 0.228 e. The van der Waals surface area contributed by atoms with E-state index in [0.717, 1.165) is 23.2 Å². The molecule has 1 aliphatic rings. The van der Waals surface area contributed by atoms with Gasteiger partial charge in [-0.1, -0.05) is 13.3 Å². The van der Waals surface area contributed by atoms with E-state index in [0.29, 0.717) is 17.7 Å². The Morgan fingerprint density at radius 1 is 1.50 bits per heavy atom. The topological polar surface area (TPSA) is 48.1 Å². The highest BCUT2D eigenvalue weighted by Crippen LogP contribution is 2.30. The smallest absolute Gasteiger partial charge is 0.228 e. The Labute approximate surface area is 105 Å². The maximum absolute atomic E-state index is 5.90. The SMILES string of the molecule is CC1CCCC(Oc2ncc(N)cc2Br)C1. The van der Waals surface area contributed by atoms with E-state index in [1.807, 2.05) is 6.07 Å². The van der Waals surface area contributed by atoms with Crippen LogP contribution in [-0.2, 0) is 0 Å². The van der Waals surface area contributed by atoms with E-state index in [1.54, 1.807) is 6.20 Å². The van der Waals surface area contributed by atoms with Crippen molar-refractivity contribution in [3.63, 3.8) is 0 Å². The van der Waals surface area contributed by atoms with E-state index in [1.165, 1.54) is 12.8 Å². The van der Waals surface area contributed by atoms with E-state index < -0.39 is 0 Å². The molecule has 16 heavy (non-hydrogen) atoms. The summed E-state index contributed by atoms with van der Waals surface area (Å²) in [5, 5.41) is 0. The Bertz CT molecular complexity index is 370. The number of anilines is 1. The number of nitrogens with zero attached hydrogens (tertiary/aromatic N) is 1. The molecule has 1 saturated carbocycles. The van der Waals surface area contributed by atoms with Crippen molar-refractivity contribution in [2.24, 2.45) is 5.92 Å². The minimum absolute atomic E-state index is 0.302. The first kappa shape index (κ1) is 11.7. The van der Waals surface area contributed by atoms with Crippen molar-refractivity contribution in [1.82, 2.24) is 4.98 Å². The van der Waals surface area contributed by atoms with Gasteiger partial charge in [0.05, 0.1) is 16.4 Å². The fourth-order valence-corrected chi connectivity index (χ4v) is 2.63. The van der Waals surface area contributed by atoms with E-state index in [-0.39, 0.29) is 0 Å². The van der Waals surface area contributed by atoms with Gasteiger partial charge in [0.1, 0.15) is 6.10 Å². The summed E-state index contributed by atoms with van der Waals surface area (Å²) in [7, 11) is 0. The number of pyridine rings is 1. The van der Waals surface area contributed by atoms with Crippen molar-refractivity contribution < 1.29 is 4.74 Å². The second-order valence-corrected chi connectivity index (χ2v) is 5.42. The van der Waals surface area contributed by atoms with Gasteiger partial charge in [-0.2, -0.15) is 0 Å². The fourth-order valence-electron chi connectivity index (χ4n) is 2.17. The van der Waals surface area contributed by atoms with Gasteiger partial charge < -0.3 is 10.5 Å². The Hall–Kier alpha value is -0.770.